The van der Waals surface area contributed by atoms with Gasteiger partial charge in [0.15, 0.2) is 5.82 Å². The number of fused-ring (bicyclic) bond motifs is 3. The number of carbonyl (C=O) groups is 3. The van der Waals surface area contributed by atoms with Gasteiger partial charge >= 0.3 is 18.4 Å². The van der Waals surface area contributed by atoms with Gasteiger partial charge in [-0.2, -0.15) is 4.39 Å². The lowest BCUT2D eigenvalue weighted by atomic mass is 9.97. The normalized spacial score (nSPS) is 16.1. The smallest absolute Gasteiger partial charge is 0.408 e. The molecular formula is C35H41F2N5O6. The van der Waals surface area contributed by atoms with E-state index in [9.17, 15) is 23.2 Å². The lowest BCUT2D eigenvalue weighted by Crippen LogP contribution is -2.50. The van der Waals surface area contributed by atoms with Crippen molar-refractivity contribution < 1.29 is 37.4 Å². The van der Waals surface area contributed by atoms with Crippen LogP contribution < -0.4 is 10.1 Å². The Balaban J connectivity index is 1.32. The number of imidazole rings is 1. The molecule has 4 aromatic rings. The number of esters is 1. The molecule has 1 unspecified atom stereocenters. The van der Waals surface area contributed by atoms with E-state index in [4.69, 9.17) is 19.2 Å². The summed E-state index contributed by atoms with van der Waals surface area (Å²) in [4.78, 5) is 44.4. The van der Waals surface area contributed by atoms with Gasteiger partial charge in [-0.3, -0.25) is 4.79 Å². The molecule has 1 aliphatic carbocycles. The Morgan fingerprint density at radius 3 is 2.62 bits per heavy atom. The predicted octanol–water partition coefficient (Wildman–Crippen LogP) is 5.70. The summed E-state index contributed by atoms with van der Waals surface area (Å²) >= 11 is 0. The van der Waals surface area contributed by atoms with Gasteiger partial charge in [-0.1, -0.05) is 12.1 Å². The third-order valence-corrected chi connectivity index (χ3v) is 8.57. The second-order valence-corrected chi connectivity index (χ2v) is 13.5. The van der Waals surface area contributed by atoms with Gasteiger partial charge in [0.05, 0.1) is 34.9 Å². The van der Waals surface area contributed by atoms with Crippen molar-refractivity contribution in [1.29, 1.82) is 0 Å². The van der Waals surface area contributed by atoms with Crippen molar-refractivity contribution >= 4 is 39.9 Å². The summed E-state index contributed by atoms with van der Waals surface area (Å²) in [7, 11) is 1.91. The zero-order valence-corrected chi connectivity index (χ0v) is 27.8. The van der Waals surface area contributed by atoms with Gasteiger partial charge in [-0.15, -0.1) is 0 Å². The molecule has 256 valence electrons. The molecular weight excluding hydrogens is 624 g/mol. The Kier molecular flexibility index (Phi) is 9.06. The van der Waals surface area contributed by atoms with Gasteiger partial charge in [0, 0.05) is 37.6 Å². The van der Waals surface area contributed by atoms with Crippen molar-refractivity contribution in [3.05, 3.63) is 47.5 Å². The summed E-state index contributed by atoms with van der Waals surface area (Å²) < 4.78 is 48.3. The number of nitrogens with one attached hydrogen (secondary N) is 1. The van der Waals surface area contributed by atoms with Crippen LogP contribution in [0.1, 0.15) is 56.5 Å². The number of hydrogen-bond acceptors (Lipinski definition) is 7. The van der Waals surface area contributed by atoms with Crippen LogP contribution in [0.15, 0.2) is 36.4 Å². The number of alkyl carbamates (subject to hydrolysis) is 1. The molecule has 0 bridgehead atoms. The van der Waals surface area contributed by atoms with E-state index in [1.807, 2.05) is 29.8 Å². The highest BCUT2D eigenvalue weighted by Gasteiger charge is 2.31. The number of hydrogen-bond donors (Lipinski definition) is 1. The molecule has 13 heteroatoms. The first-order valence-corrected chi connectivity index (χ1v) is 16.3. The van der Waals surface area contributed by atoms with E-state index in [-0.39, 0.29) is 24.8 Å². The summed E-state index contributed by atoms with van der Waals surface area (Å²) in [6.07, 6.45) is -0.312. The van der Waals surface area contributed by atoms with E-state index < -0.39 is 36.7 Å². The second kappa shape index (κ2) is 13.1. The van der Waals surface area contributed by atoms with Gasteiger partial charge in [-0.25, -0.2) is 19.0 Å². The topological polar surface area (TPSA) is 117 Å². The molecule has 2 aliphatic rings. The summed E-state index contributed by atoms with van der Waals surface area (Å²) in [6.45, 7) is 6.99. The number of alkyl halides is 2. The zero-order valence-electron chi connectivity index (χ0n) is 27.8. The Morgan fingerprint density at radius 2 is 1.94 bits per heavy atom. The Hall–Kier alpha value is -4.68. The third-order valence-electron chi connectivity index (χ3n) is 8.57. The molecule has 3 heterocycles. The van der Waals surface area contributed by atoms with Gasteiger partial charge in [0.2, 0.25) is 0 Å². The monoisotopic (exact) mass is 665 g/mol. The number of halogens is 2. The molecule has 2 aromatic carbocycles. The highest BCUT2D eigenvalue weighted by molar-refractivity contribution is 6.01. The second-order valence-electron chi connectivity index (χ2n) is 13.5. The molecule has 0 spiro atoms. The van der Waals surface area contributed by atoms with Crippen molar-refractivity contribution in [2.45, 2.75) is 71.5 Å². The van der Waals surface area contributed by atoms with E-state index in [2.05, 4.69) is 9.88 Å². The Labute approximate surface area is 277 Å². The maximum atomic E-state index is 14.8. The Morgan fingerprint density at radius 1 is 1.17 bits per heavy atom. The molecule has 2 atom stereocenters. The van der Waals surface area contributed by atoms with Crippen molar-refractivity contribution in [3.8, 4) is 17.3 Å². The number of nitrogens with zero attached hydrogens (tertiary/aromatic N) is 4. The van der Waals surface area contributed by atoms with Crippen LogP contribution >= 0.6 is 0 Å². The van der Waals surface area contributed by atoms with E-state index >= 15 is 0 Å². The first kappa shape index (κ1) is 33.2. The van der Waals surface area contributed by atoms with E-state index in [0.717, 1.165) is 35.0 Å². The molecule has 0 saturated heterocycles. The number of aryl methyl sites for hydroxylation is 1. The van der Waals surface area contributed by atoms with Crippen LogP contribution in [0.5, 0.6) is 5.75 Å². The van der Waals surface area contributed by atoms with Gasteiger partial charge in [0.25, 0.3) is 5.91 Å². The summed E-state index contributed by atoms with van der Waals surface area (Å²) in [6, 6.07) is 10.1. The fraction of sp³-hybridized carbons (Fsp3) is 0.486. The highest BCUT2D eigenvalue weighted by Crippen LogP contribution is 2.40. The standard InChI is InChI=1S/C35H41F2N5O6/c1-6-46-33(44)30(37)47-28-9-7-8-22-15-27(42(29(22)28)18-20-10-11-20)31-39-25-16-24-21(14-26(25)40(31)5)12-13-41(32(24)43)19-23(17-36)38-34(45)48-35(2,3)4/h7-9,14-16,20,23,30H,6,10-13,17-19H2,1-5H3,(H,38,45)/t23-,30?/m1/s1. The average molecular weight is 666 g/mol. The molecule has 11 nitrogen and oxygen atoms in total. The highest BCUT2D eigenvalue weighted by atomic mass is 19.1. The molecule has 1 saturated carbocycles. The number of para-hydroxylation sites is 1. The van der Waals surface area contributed by atoms with Crippen LogP contribution in [0, 0.1) is 5.92 Å². The van der Waals surface area contributed by atoms with E-state index in [1.165, 1.54) is 0 Å². The molecule has 1 aliphatic heterocycles. The summed E-state index contributed by atoms with van der Waals surface area (Å²) in [5, 5.41) is 3.34. The number of aromatic nitrogens is 3. The van der Waals surface area contributed by atoms with Crippen LogP contribution in [0.3, 0.4) is 0 Å². The quantitative estimate of drug-likeness (QED) is 0.204. The predicted molar refractivity (Wildman–Crippen MR) is 175 cm³/mol. The van der Waals surface area contributed by atoms with Crippen molar-refractivity contribution in [3.63, 3.8) is 0 Å². The maximum absolute atomic E-state index is 14.8. The molecule has 1 N–H and O–H groups in total. The van der Waals surface area contributed by atoms with E-state index in [0.29, 0.717) is 47.8 Å². The number of amides is 2. The molecule has 0 radical (unpaired) electrons. The lowest BCUT2D eigenvalue weighted by Gasteiger charge is -2.31. The molecule has 2 amide bonds. The van der Waals surface area contributed by atoms with Crippen LogP contribution in [0.25, 0.3) is 33.5 Å². The van der Waals surface area contributed by atoms with Crippen LogP contribution in [0.4, 0.5) is 13.6 Å². The van der Waals surface area contributed by atoms with Crippen LogP contribution in [-0.4, -0.2) is 81.4 Å². The minimum Gasteiger partial charge on any atom is -0.461 e. The number of ether oxygens (including phenoxy) is 3. The third kappa shape index (κ3) is 6.81. The fourth-order valence-corrected chi connectivity index (χ4v) is 6.18. The number of benzene rings is 2. The molecule has 2 aromatic heterocycles. The zero-order chi connectivity index (χ0) is 34.3. The summed E-state index contributed by atoms with van der Waals surface area (Å²) in [5.41, 5.74) is 3.51. The van der Waals surface area contributed by atoms with Crippen LogP contribution in [-0.2, 0) is 34.3 Å². The van der Waals surface area contributed by atoms with Crippen LogP contribution in [0.2, 0.25) is 0 Å². The molecule has 6 rings (SSSR count). The first-order valence-electron chi connectivity index (χ1n) is 16.3. The SMILES string of the molecule is CCOC(=O)C(F)Oc1cccc2cc(-c3nc4cc5c(cc4n3C)CCN(C[C@@H](CF)NC(=O)OC(C)(C)C)C5=O)n(CC3CC3)c12. The largest absolute Gasteiger partial charge is 0.461 e. The molecule has 48 heavy (non-hydrogen) atoms. The van der Waals surface area contributed by atoms with E-state index in [1.54, 1.807) is 50.8 Å². The molecule has 1 fully saturated rings. The van der Waals surface area contributed by atoms with Gasteiger partial charge in [0.1, 0.15) is 18.0 Å². The van der Waals surface area contributed by atoms with Gasteiger partial charge < -0.3 is 33.6 Å². The number of carbonyl (C=O) groups excluding carboxylic acids is 3. The summed E-state index contributed by atoms with van der Waals surface area (Å²) in [5.74, 6) is -0.0146. The first-order chi connectivity index (χ1) is 22.9. The Bertz CT molecular complexity index is 1870. The average Bonchev–Trinajstić information content (AvgIpc) is 3.70. The lowest BCUT2D eigenvalue weighted by molar-refractivity contribution is -0.159. The maximum Gasteiger partial charge on any atom is 0.408 e. The van der Waals surface area contributed by atoms with Gasteiger partial charge in [-0.05, 0) is 82.7 Å². The van der Waals surface area contributed by atoms with Crippen molar-refractivity contribution in [2.75, 3.05) is 26.4 Å². The minimum absolute atomic E-state index is 0.00109. The number of rotatable bonds is 11. The van der Waals surface area contributed by atoms with Crippen molar-refractivity contribution in [2.24, 2.45) is 13.0 Å². The fourth-order valence-electron chi connectivity index (χ4n) is 6.18. The minimum atomic E-state index is -2.27. The van der Waals surface area contributed by atoms with Crippen molar-refractivity contribution in [1.82, 2.24) is 24.3 Å².